The van der Waals surface area contributed by atoms with Crippen LogP contribution >= 0.6 is 0 Å². The Labute approximate surface area is 112 Å². The molecule has 1 rings (SSSR count). The molecule has 1 unspecified atom stereocenters. The minimum Gasteiger partial charge on any atom is -0.480 e. The molecule has 1 atom stereocenters. The molecule has 3 N–H and O–H groups in total. The van der Waals surface area contributed by atoms with Crippen molar-refractivity contribution in [3.8, 4) is 0 Å². The van der Waals surface area contributed by atoms with Gasteiger partial charge in [0.15, 0.2) is 6.04 Å². The second-order valence-electron chi connectivity index (χ2n) is 4.52. The van der Waals surface area contributed by atoms with Gasteiger partial charge in [-0.25, -0.2) is 9.59 Å². The summed E-state index contributed by atoms with van der Waals surface area (Å²) in [7, 11) is 1.38. The smallest absolute Gasteiger partial charge is 0.328 e. The van der Waals surface area contributed by atoms with E-state index in [1.807, 2.05) is 0 Å². The quantitative estimate of drug-likeness (QED) is 0.555. The summed E-state index contributed by atoms with van der Waals surface area (Å²) >= 11 is 0. The number of methoxy groups -OCH3 is 1. The fourth-order valence-electron chi connectivity index (χ4n) is 2.00. The highest BCUT2D eigenvalue weighted by atomic mass is 16.5. The summed E-state index contributed by atoms with van der Waals surface area (Å²) in [6, 6.07) is -1.57. The summed E-state index contributed by atoms with van der Waals surface area (Å²) in [4.78, 5) is 22.2. The van der Waals surface area contributed by atoms with Crippen LogP contribution in [0.5, 0.6) is 0 Å². The number of rotatable bonds is 8. The number of carboxylic acid groups (broad SMARTS) is 1. The van der Waals surface area contributed by atoms with E-state index in [0.717, 1.165) is 12.8 Å². The lowest BCUT2D eigenvalue weighted by molar-refractivity contribution is -0.140. The molecule has 0 aliphatic heterocycles. The Morgan fingerprint density at radius 3 is 2.63 bits per heavy atom. The van der Waals surface area contributed by atoms with E-state index in [2.05, 4.69) is 10.6 Å². The lowest BCUT2D eigenvalue weighted by atomic mass is 10.3. The summed E-state index contributed by atoms with van der Waals surface area (Å²) in [5, 5.41) is 13.7. The van der Waals surface area contributed by atoms with Crippen molar-refractivity contribution in [3.63, 3.8) is 0 Å². The summed E-state index contributed by atoms with van der Waals surface area (Å²) in [5.41, 5.74) is 0. The van der Waals surface area contributed by atoms with E-state index in [9.17, 15) is 9.59 Å². The van der Waals surface area contributed by atoms with Gasteiger partial charge in [-0.1, -0.05) is 12.8 Å². The second kappa shape index (κ2) is 8.71. The first kappa shape index (κ1) is 15.7. The molecule has 0 saturated heterocycles. The van der Waals surface area contributed by atoms with Crippen LogP contribution in [0.25, 0.3) is 0 Å². The fraction of sp³-hybridized carbons (Fsp3) is 0.833. The number of carbonyl (C=O) groups excluding carboxylic acids is 1. The van der Waals surface area contributed by atoms with Crippen LogP contribution in [0, 0.1) is 0 Å². The first-order valence-electron chi connectivity index (χ1n) is 6.51. The van der Waals surface area contributed by atoms with Gasteiger partial charge in [0, 0.05) is 13.7 Å². The summed E-state index contributed by atoms with van der Waals surface area (Å²) in [6.07, 6.45) is 4.89. The summed E-state index contributed by atoms with van der Waals surface area (Å²) < 4.78 is 10.3. The third-order valence-electron chi connectivity index (χ3n) is 2.98. The third kappa shape index (κ3) is 6.40. The predicted octanol–water partition coefficient (Wildman–Crippen LogP) is 0.344. The van der Waals surface area contributed by atoms with Gasteiger partial charge in [0.25, 0.3) is 0 Å². The number of amides is 2. The molecule has 7 heteroatoms. The molecule has 0 heterocycles. The summed E-state index contributed by atoms with van der Waals surface area (Å²) in [5.74, 6) is -1.13. The minimum absolute atomic E-state index is 0.0681. The molecule has 1 aliphatic rings. The van der Waals surface area contributed by atoms with Crippen LogP contribution in [0.15, 0.2) is 0 Å². The van der Waals surface area contributed by atoms with Gasteiger partial charge < -0.3 is 25.2 Å². The second-order valence-corrected chi connectivity index (χ2v) is 4.52. The van der Waals surface area contributed by atoms with E-state index in [1.165, 1.54) is 20.0 Å². The standard InChI is InChI=1S/C12H22N2O5/c1-18-8-10(11(15)16)14-12(17)13-6-7-19-9-4-2-3-5-9/h9-10H,2-8H2,1H3,(H,15,16)(H2,13,14,17). The van der Waals surface area contributed by atoms with Gasteiger partial charge in [0.1, 0.15) is 0 Å². The molecule has 1 fully saturated rings. The molecular formula is C12H22N2O5. The maximum atomic E-state index is 11.4. The van der Waals surface area contributed by atoms with Gasteiger partial charge in [0.2, 0.25) is 0 Å². The molecule has 0 spiro atoms. The SMILES string of the molecule is COCC(NC(=O)NCCOC1CCCC1)C(=O)O. The van der Waals surface area contributed by atoms with Crippen molar-refractivity contribution in [2.75, 3.05) is 26.9 Å². The highest BCUT2D eigenvalue weighted by Gasteiger charge is 2.19. The topological polar surface area (TPSA) is 96.9 Å². The Hall–Kier alpha value is -1.34. The fourth-order valence-corrected chi connectivity index (χ4v) is 2.00. The first-order valence-corrected chi connectivity index (χ1v) is 6.51. The Kier molecular flexibility index (Phi) is 7.20. The molecule has 1 aliphatic carbocycles. The van der Waals surface area contributed by atoms with Gasteiger partial charge in [-0.05, 0) is 12.8 Å². The van der Waals surface area contributed by atoms with E-state index in [-0.39, 0.29) is 6.61 Å². The Balaban J connectivity index is 2.10. The van der Waals surface area contributed by atoms with E-state index >= 15 is 0 Å². The molecule has 1 saturated carbocycles. The monoisotopic (exact) mass is 274 g/mol. The van der Waals surface area contributed by atoms with Crippen molar-refractivity contribution in [2.45, 2.75) is 37.8 Å². The van der Waals surface area contributed by atoms with Crippen LogP contribution < -0.4 is 10.6 Å². The molecule has 0 radical (unpaired) electrons. The van der Waals surface area contributed by atoms with E-state index in [4.69, 9.17) is 14.6 Å². The van der Waals surface area contributed by atoms with E-state index in [1.54, 1.807) is 0 Å². The maximum Gasteiger partial charge on any atom is 0.328 e. The number of ether oxygens (including phenoxy) is 2. The van der Waals surface area contributed by atoms with Crippen LogP contribution in [-0.4, -0.2) is 56.1 Å². The Morgan fingerprint density at radius 1 is 1.37 bits per heavy atom. The van der Waals surface area contributed by atoms with Crippen molar-refractivity contribution < 1.29 is 24.2 Å². The van der Waals surface area contributed by atoms with Gasteiger partial charge in [-0.2, -0.15) is 0 Å². The van der Waals surface area contributed by atoms with Crippen LogP contribution in [0.4, 0.5) is 4.79 Å². The Bertz CT molecular complexity index is 292. The zero-order chi connectivity index (χ0) is 14.1. The highest BCUT2D eigenvalue weighted by molar-refractivity contribution is 5.82. The lowest BCUT2D eigenvalue weighted by Gasteiger charge is -2.15. The molecule has 2 amide bonds. The maximum absolute atomic E-state index is 11.4. The molecule has 19 heavy (non-hydrogen) atoms. The number of hydrogen-bond donors (Lipinski definition) is 3. The average molecular weight is 274 g/mol. The number of hydrogen-bond acceptors (Lipinski definition) is 4. The van der Waals surface area contributed by atoms with Gasteiger partial charge in [-0.15, -0.1) is 0 Å². The molecule has 7 nitrogen and oxygen atoms in total. The molecule has 0 aromatic heterocycles. The van der Waals surface area contributed by atoms with Crippen molar-refractivity contribution >= 4 is 12.0 Å². The number of nitrogens with one attached hydrogen (secondary N) is 2. The van der Waals surface area contributed by atoms with Crippen LogP contribution in [-0.2, 0) is 14.3 Å². The van der Waals surface area contributed by atoms with Crippen molar-refractivity contribution in [2.24, 2.45) is 0 Å². The molecule has 0 aromatic rings. The van der Waals surface area contributed by atoms with Crippen LogP contribution in [0.1, 0.15) is 25.7 Å². The van der Waals surface area contributed by atoms with Gasteiger partial charge >= 0.3 is 12.0 Å². The third-order valence-corrected chi connectivity index (χ3v) is 2.98. The lowest BCUT2D eigenvalue weighted by Crippen LogP contribution is -2.48. The molecule has 0 aromatic carbocycles. The van der Waals surface area contributed by atoms with Crippen molar-refractivity contribution in [1.29, 1.82) is 0 Å². The van der Waals surface area contributed by atoms with E-state index < -0.39 is 18.0 Å². The normalized spacial score (nSPS) is 17.1. The number of aliphatic carboxylic acids is 1. The zero-order valence-electron chi connectivity index (χ0n) is 11.2. The molecule has 0 bridgehead atoms. The van der Waals surface area contributed by atoms with Crippen molar-refractivity contribution in [1.82, 2.24) is 10.6 Å². The largest absolute Gasteiger partial charge is 0.480 e. The zero-order valence-corrected chi connectivity index (χ0v) is 11.2. The van der Waals surface area contributed by atoms with Crippen molar-refractivity contribution in [3.05, 3.63) is 0 Å². The summed E-state index contributed by atoms with van der Waals surface area (Å²) in [6.45, 7) is 0.739. The first-order chi connectivity index (χ1) is 9.13. The van der Waals surface area contributed by atoms with Crippen LogP contribution in [0.2, 0.25) is 0 Å². The number of carbonyl (C=O) groups is 2. The molecule has 110 valence electrons. The number of urea groups is 1. The van der Waals surface area contributed by atoms with Crippen LogP contribution in [0.3, 0.4) is 0 Å². The predicted molar refractivity (Wildman–Crippen MR) is 68.0 cm³/mol. The number of carboxylic acids is 1. The average Bonchev–Trinajstić information content (AvgIpc) is 2.87. The molecular weight excluding hydrogens is 252 g/mol. The van der Waals surface area contributed by atoms with Gasteiger partial charge in [-0.3, -0.25) is 0 Å². The Morgan fingerprint density at radius 2 is 2.05 bits per heavy atom. The minimum atomic E-state index is -1.13. The van der Waals surface area contributed by atoms with Gasteiger partial charge in [0.05, 0.1) is 19.3 Å². The highest BCUT2D eigenvalue weighted by Crippen LogP contribution is 2.20. The van der Waals surface area contributed by atoms with E-state index in [0.29, 0.717) is 19.3 Å².